The maximum absolute atomic E-state index is 2.51. The number of rotatable bonds is 8. The third-order valence-electron chi connectivity index (χ3n) is 11.8. The fourth-order valence-corrected chi connectivity index (χ4v) is 8.98. The van der Waals surface area contributed by atoms with Crippen molar-refractivity contribution in [2.24, 2.45) is 0 Å². The smallest absolute Gasteiger partial charge is 0.0561 e. The predicted octanol–water partition coefficient (Wildman–Crippen LogP) is 16.1. The molecule has 0 saturated carbocycles. The molecule has 0 bridgehead atoms. The van der Waals surface area contributed by atoms with Crippen LogP contribution in [0, 0.1) is 0 Å². The van der Waals surface area contributed by atoms with E-state index in [2.05, 4.69) is 252 Å². The summed E-state index contributed by atoms with van der Waals surface area (Å²) in [6, 6.07) is 88.1. The van der Waals surface area contributed by atoms with Gasteiger partial charge in [0.25, 0.3) is 0 Å². The van der Waals surface area contributed by atoms with Crippen LogP contribution in [0.3, 0.4) is 0 Å². The molecule has 0 N–H and O–H groups in total. The van der Waals surface area contributed by atoms with Crippen molar-refractivity contribution < 1.29 is 0 Å². The second kappa shape index (κ2) is 15.1. The Balaban J connectivity index is 1.24. The van der Waals surface area contributed by atoms with Crippen molar-refractivity contribution in [1.82, 2.24) is 4.57 Å². The Bertz CT molecular complexity index is 3300. The summed E-state index contributed by atoms with van der Waals surface area (Å²) in [4.78, 5) is 2.51. The Morgan fingerprint density at radius 3 is 1.58 bits per heavy atom. The zero-order valence-electron chi connectivity index (χ0n) is 33.0. The second-order valence-electron chi connectivity index (χ2n) is 15.3. The van der Waals surface area contributed by atoms with Crippen molar-refractivity contribution in [3.05, 3.63) is 243 Å². The minimum absolute atomic E-state index is 1.07. The van der Waals surface area contributed by atoms with E-state index in [1.807, 2.05) is 0 Å². The molecule has 1 aromatic heterocycles. The first-order chi connectivity index (χ1) is 29.8. The van der Waals surface area contributed by atoms with Gasteiger partial charge in [0.05, 0.1) is 22.4 Å². The van der Waals surface area contributed by atoms with E-state index < -0.39 is 0 Å². The fourth-order valence-electron chi connectivity index (χ4n) is 8.98. The highest BCUT2D eigenvalue weighted by molar-refractivity contribution is 6.12. The van der Waals surface area contributed by atoms with Crippen LogP contribution in [-0.4, -0.2) is 4.57 Å². The topological polar surface area (TPSA) is 8.17 Å². The van der Waals surface area contributed by atoms with Gasteiger partial charge in [0, 0.05) is 33.3 Å². The molecular weight excluding hydrogens is 725 g/mol. The first-order valence-corrected chi connectivity index (χ1v) is 20.6. The van der Waals surface area contributed by atoms with Crippen molar-refractivity contribution in [2.45, 2.75) is 0 Å². The van der Waals surface area contributed by atoms with Crippen LogP contribution in [0.5, 0.6) is 0 Å². The number of fused-ring (bicyclic) bond motifs is 4. The Morgan fingerprint density at radius 2 is 0.867 bits per heavy atom. The van der Waals surface area contributed by atoms with Crippen LogP contribution in [0.25, 0.3) is 82.8 Å². The molecular formula is C58H40N2. The summed E-state index contributed by atoms with van der Waals surface area (Å²) in [6.45, 7) is 0. The van der Waals surface area contributed by atoms with Crippen molar-refractivity contribution in [3.63, 3.8) is 0 Å². The molecule has 0 fully saturated rings. The predicted molar refractivity (Wildman–Crippen MR) is 255 cm³/mol. The van der Waals surface area contributed by atoms with Gasteiger partial charge >= 0.3 is 0 Å². The molecule has 2 heteroatoms. The third kappa shape index (κ3) is 6.23. The van der Waals surface area contributed by atoms with Crippen molar-refractivity contribution >= 4 is 49.6 Å². The van der Waals surface area contributed by atoms with Gasteiger partial charge in [-0.15, -0.1) is 0 Å². The van der Waals surface area contributed by atoms with Crippen LogP contribution >= 0.6 is 0 Å². The van der Waals surface area contributed by atoms with E-state index in [1.165, 1.54) is 54.9 Å². The number of nitrogens with zero attached hydrogens (tertiary/aromatic N) is 2. The van der Waals surface area contributed by atoms with Crippen molar-refractivity contribution in [3.8, 4) is 50.2 Å². The largest absolute Gasteiger partial charge is 0.309 e. The first-order valence-electron chi connectivity index (χ1n) is 20.6. The van der Waals surface area contributed by atoms with E-state index >= 15 is 0 Å². The first kappa shape index (κ1) is 35.2. The van der Waals surface area contributed by atoms with E-state index in [4.69, 9.17) is 0 Å². The number of aromatic nitrogens is 1. The lowest BCUT2D eigenvalue weighted by atomic mass is 9.93. The number of anilines is 3. The van der Waals surface area contributed by atoms with Gasteiger partial charge in [-0.1, -0.05) is 200 Å². The zero-order valence-corrected chi connectivity index (χ0v) is 33.0. The molecule has 0 atom stereocenters. The summed E-state index contributed by atoms with van der Waals surface area (Å²) in [6.07, 6.45) is 0. The minimum atomic E-state index is 1.07. The molecule has 11 aromatic rings. The van der Waals surface area contributed by atoms with E-state index in [1.54, 1.807) is 0 Å². The molecule has 2 nitrogen and oxygen atoms in total. The molecule has 0 amide bonds. The number of hydrogen-bond donors (Lipinski definition) is 0. The van der Waals surface area contributed by atoms with Gasteiger partial charge in [-0.3, -0.25) is 0 Å². The summed E-state index contributed by atoms with van der Waals surface area (Å²) in [5.74, 6) is 0. The van der Waals surface area contributed by atoms with Gasteiger partial charge in [0.2, 0.25) is 0 Å². The zero-order chi connectivity index (χ0) is 39.8. The number of para-hydroxylation sites is 1. The average Bonchev–Trinajstić information content (AvgIpc) is 3.66. The van der Waals surface area contributed by atoms with E-state index in [-0.39, 0.29) is 0 Å². The lowest BCUT2D eigenvalue weighted by Crippen LogP contribution is -2.13. The minimum Gasteiger partial charge on any atom is -0.309 e. The van der Waals surface area contributed by atoms with Crippen LogP contribution in [0.15, 0.2) is 243 Å². The molecule has 1 heterocycles. The summed E-state index contributed by atoms with van der Waals surface area (Å²) >= 11 is 0. The highest BCUT2D eigenvalue weighted by Gasteiger charge is 2.24. The summed E-state index contributed by atoms with van der Waals surface area (Å²) < 4.78 is 2.44. The Labute approximate surface area is 350 Å². The summed E-state index contributed by atoms with van der Waals surface area (Å²) in [5.41, 5.74) is 16.1. The van der Waals surface area contributed by atoms with Gasteiger partial charge in [-0.05, 0) is 86.6 Å². The fraction of sp³-hybridized carbons (Fsp3) is 0. The Kier molecular flexibility index (Phi) is 8.87. The lowest BCUT2D eigenvalue weighted by Gasteiger charge is -2.31. The molecule has 0 radical (unpaired) electrons. The standard InChI is InChI=1S/C58H40N2/c1-5-18-41(19-6-1)46-27-17-28-48(38-46)59-54-31-16-15-30-52(54)53-36-34-49(40-57(53)59)60(55-37-33-44-24-13-14-29-51(44)58(55)45-25-11-4-12-26-45)56-39-47(42-20-7-2-8-21-42)32-35-50(56)43-22-9-3-10-23-43/h1-40H. The van der Waals surface area contributed by atoms with Gasteiger partial charge < -0.3 is 9.47 Å². The number of hydrogen-bond acceptors (Lipinski definition) is 1. The lowest BCUT2D eigenvalue weighted by molar-refractivity contribution is 1.18. The Hall–Kier alpha value is -7.94. The van der Waals surface area contributed by atoms with Gasteiger partial charge in [-0.25, -0.2) is 0 Å². The van der Waals surface area contributed by atoms with Gasteiger partial charge in [0.15, 0.2) is 0 Å². The summed E-state index contributed by atoms with van der Waals surface area (Å²) in [7, 11) is 0. The van der Waals surface area contributed by atoms with Crippen molar-refractivity contribution in [1.29, 1.82) is 0 Å². The van der Waals surface area contributed by atoms with E-state index in [0.29, 0.717) is 0 Å². The monoisotopic (exact) mass is 764 g/mol. The molecule has 0 unspecified atom stereocenters. The molecule has 0 aliphatic rings. The van der Waals surface area contributed by atoms with Crippen LogP contribution in [0.2, 0.25) is 0 Å². The third-order valence-corrected chi connectivity index (χ3v) is 11.8. The summed E-state index contributed by atoms with van der Waals surface area (Å²) in [5, 5.41) is 4.85. The molecule has 282 valence electrons. The highest BCUT2D eigenvalue weighted by atomic mass is 15.2. The maximum Gasteiger partial charge on any atom is 0.0561 e. The average molecular weight is 765 g/mol. The van der Waals surface area contributed by atoms with Crippen LogP contribution in [0.4, 0.5) is 17.1 Å². The second-order valence-corrected chi connectivity index (χ2v) is 15.3. The molecule has 0 spiro atoms. The normalized spacial score (nSPS) is 11.3. The van der Waals surface area contributed by atoms with Crippen LogP contribution in [-0.2, 0) is 0 Å². The maximum atomic E-state index is 2.51. The molecule has 10 aromatic carbocycles. The number of benzene rings is 10. The molecule has 0 saturated heterocycles. The van der Waals surface area contributed by atoms with Gasteiger partial charge in [0.1, 0.15) is 0 Å². The molecule has 0 aliphatic carbocycles. The molecule has 11 rings (SSSR count). The van der Waals surface area contributed by atoms with E-state index in [9.17, 15) is 0 Å². The van der Waals surface area contributed by atoms with E-state index in [0.717, 1.165) is 45.0 Å². The van der Waals surface area contributed by atoms with Crippen LogP contribution in [0.1, 0.15) is 0 Å². The molecule has 0 aliphatic heterocycles. The molecule has 60 heavy (non-hydrogen) atoms. The highest BCUT2D eigenvalue weighted by Crippen LogP contribution is 2.49. The van der Waals surface area contributed by atoms with Crippen LogP contribution < -0.4 is 4.90 Å². The van der Waals surface area contributed by atoms with Crippen molar-refractivity contribution in [2.75, 3.05) is 4.90 Å². The quantitative estimate of drug-likeness (QED) is 0.150. The Morgan fingerprint density at radius 1 is 0.300 bits per heavy atom. The SMILES string of the molecule is c1ccc(-c2cccc(-n3c4ccccc4c4ccc(N(c5cc(-c6ccccc6)ccc5-c5ccccc5)c5ccc6ccccc6c5-c5ccccc5)cc43)c2)cc1. The van der Waals surface area contributed by atoms with Gasteiger partial charge in [-0.2, -0.15) is 0 Å².